The molecule has 3 nitrogen and oxygen atoms in total. The lowest BCUT2D eigenvalue weighted by atomic mass is 9.77. The van der Waals surface area contributed by atoms with Crippen molar-refractivity contribution in [3.8, 4) is 11.5 Å². The monoisotopic (exact) mass is 559 g/mol. The first-order valence-electron chi connectivity index (χ1n) is 14.3. The quantitative estimate of drug-likeness (QED) is 0.197. The highest BCUT2D eigenvalue weighted by atomic mass is 35.5. The van der Waals surface area contributed by atoms with Gasteiger partial charge in [-0.1, -0.05) is 72.3 Å². The third kappa shape index (κ3) is 5.60. The highest BCUT2D eigenvalue weighted by Gasteiger charge is 2.23. The SMILES string of the molecule is COc1cccc2c1c(OC)cc1c3c(ccc12)[C@H](CCc1cccc(Cl)c1)CCC3.c1ccc2cnccc2c1. The van der Waals surface area contributed by atoms with Gasteiger partial charge in [-0.15, -0.1) is 0 Å². The van der Waals surface area contributed by atoms with Gasteiger partial charge < -0.3 is 9.47 Å². The molecule has 41 heavy (non-hydrogen) atoms. The second-order valence-corrected chi connectivity index (χ2v) is 11.1. The van der Waals surface area contributed by atoms with Crippen LogP contribution < -0.4 is 9.47 Å². The fourth-order valence-corrected chi connectivity index (χ4v) is 6.54. The molecule has 0 fully saturated rings. The van der Waals surface area contributed by atoms with Crippen LogP contribution in [0.4, 0.5) is 0 Å². The van der Waals surface area contributed by atoms with E-state index in [9.17, 15) is 0 Å². The summed E-state index contributed by atoms with van der Waals surface area (Å²) in [6.45, 7) is 0. The van der Waals surface area contributed by atoms with Gasteiger partial charge >= 0.3 is 0 Å². The molecular weight excluding hydrogens is 526 g/mol. The van der Waals surface area contributed by atoms with Crippen LogP contribution >= 0.6 is 11.6 Å². The topological polar surface area (TPSA) is 31.4 Å². The Balaban J connectivity index is 0.000000253. The van der Waals surface area contributed by atoms with Crippen LogP contribution in [0.15, 0.2) is 103 Å². The number of ether oxygens (including phenoxy) is 2. The number of aromatic nitrogens is 1. The molecule has 0 spiro atoms. The summed E-state index contributed by atoms with van der Waals surface area (Å²) in [6.07, 6.45) is 9.48. The van der Waals surface area contributed by atoms with E-state index in [4.69, 9.17) is 21.1 Å². The minimum atomic E-state index is 0.583. The van der Waals surface area contributed by atoms with Crippen molar-refractivity contribution in [3.05, 3.63) is 125 Å². The summed E-state index contributed by atoms with van der Waals surface area (Å²) in [5, 5.41) is 8.11. The summed E-state index contributed by atoms with van der Waals surface area (Å²) in [4.78, 5) is 4.01. The molecule has 1 heterocycles. The molecular formula is C37H34ClNO2. The van der Waals surface area contributed by atoms with Crippen LogP contribution in [0, 0.1) is 0 Å². The Morgan fingerprint density at radius 1 is 0.780 bits per heavy atom. The Hall–Kier alpha value is -4.08. The second kappa shape index (κ2) is 12.2. The average molecular weight is 560 g/mol. The number of rotatable bonds is 5. The van der Waals surface area contributed by atoms with Gasteiger partial charge in [0.05, 0.1) is 19.6 Å². The van der Waals surface area contributed by atoms with Crippen molar-refractivity contribution < 1.29 is 9.47 Å². The van der Waals surface area contributed by atoms with Crippen LogP contribution in [0.1, 0.15) is 41.9 Å². The van der Waals surface area contributed by atoms with Gasteiger partial charge in [-0.2, -0.15) is 0 Å². The molecule has 1 aliphatic rings. The lowest BCUT2D eigenvalue weighted by Gasteiger charge is -2.27. The van der Waals surface area contributed by atoms with Crippen LogP contribution in [-0.2, 0) is 12.8 Å². The number of fused-ring (bicyclic) bond motifs is 6. The van der Waals surface area contributed by atoms with Gasteiger partial charge in [-0.05, 0) is 112 Å². The van der Waals surface area contributed by atoms with Crippen LogP contribution in [0.25, 0.3) is 32.3 Å². The van der Waals surface area contributed by atoms with Gasteiger partial charge in [0.1, 0.15) is 11.5 Å². The Morgan fingerprint density at radius 3 is 2.41 bits per heavy atom. The molecule has 0 saturated carbocycles. The predicted octanol–water partition coefficient (Wildman–Crippen LogP) is 9.95. The summed E-state index contributed by atoms with van der Waals surface area (Å²) < 4.78 is 11.5. The van der Waals surface area contributed by atoms with Gasteiger partial charge in [0.2, 0.25) is 0 Å². The summed E-state index contributed by atoms with van der Waals surface area (Å²) in [6, 6.07) is 31.6. The van der Waals surface area contributed by atoms with Crippen molar-refractivity contribution in [1.29, 1.82) is 0 Å². The molecule has 0 saturated heterocycles. The lowest BCUT2D eigenvalue weighted by Crippen LogP contribution is -2.11. The fraction of sp³-hybridized carbons (Fsp3) is 0.216. The highest BCUT2D eigenvalue weighted by Crippen LogP contribution is 2.44. The van der Waals surface area contributed by atoms with E-state index in [-0.39, 0.29) is 0 Å². The molecule has 0 radical (unpaired) electrons. The first kappa shape index (κ1) is 27.1. The standard InChI is InChI=1S/C28H27ClO2.C9H7N/c1-30-26-11-5-10-24-23-15-14-21-19(13-12-18-6-3-8-20(29)16-18)7-4-9-22(21)25(23)17-27(31-2)28(24)26;1-2-4-9-7-10-6-5-8(9)3-1/h3,5-6,8,10-11,14-17,19H,4,7,9,12-13H2,1-2H3;1-7H/t19-;/m0./s1. The van der Waals surface area contributed by atoms with E-state index in [1.165, 1.54) is 56.5 Å². The Kier molecular flexibility index (Phi) is 8.07. The molecule has 1 aromatic heterocycles. The zero-order valence-corrected chi connectivity index (χ0v) is 24.3. The minimum Gasteiger partial charge on any atom is -0.496 e. The Bertz CT molecular complexity index is 1760. The normalized spacial score (nSPS) is 14.4. The van der Waals surface area contributed by atoms with Crippen molar-refractivity contribution in [2.45, 2.75) is 38.0 Å². The van der Waals surface area contributed by atoms with E-state index < -0.39 is 0 Å². The van der Waals surface area contributed by atoms with Gasteiger partial charge in [-0.3, -0.25) is 4.98 Å². The van der Waals surface area contributed by atoms with Crippen molar-refractivity contribution in [2.24, 2.45) is 0 Å². The van der Waals surface area contributed by atoms with E-state index in [0.717, 1.165) is 41.2 Å². The molecule has 0 aliphatic heterocycles. The van der Waals surface area contributed by atoms with E-state index in [2.05, 4.69) is 59.6 Å². The second-order valence-electron chi connectivity index (χ2n) is 10.7. The first-order chi connectivity index (χ1) is 20.2. The maximum atomic E-state index is 6.19. The van der Waals surface area contributed by atoms with Crippen LogP contribution in [-0.4, -0.2) is 19.2 Å². The number of aryl methyl sites for hydroxylation is 2. The maximum absolute atomic E-state index is 6.19. The van der Waals surface area contributed by atoms with Crippen molar-refractivity contribution in [2.75, 3.05) is 14.2 Å². The average Bonchev–Trinajstić information content (AvgIpc) is 3.03. The van der Waals surface area contributed by atoms with Crippen LogP contribution in [0.2, 0.25) is 5.02 Å². The molecule has 0 amide bonds. The maximum Gasteiger partial charge on any atom is 0.131 e. The number of nitrogens with zero attached hydrogens (tertiary/aromatic N) is 1. The number of pyridine rings is 1. The number of hydrogen-bond acceptors (Lipinski definition) is 3. The summed E-state index contributed by atoms with van der Waals surface area (Å²) in [5.41, 5.74) is 4.31. The largest absolute Gasteiger partial charge is 0.496 e. The van der Waals surface area contributed by atoms with Crippen LogP contribution in [0.5, 0.6) is 11.5 Å². The molecule has 7 rings (SSSR count). The number of halogens is 1. The summed E-state index contributed by atoms with van der Waals surface area (Å²) >= 11 is 6.19. The van der Waals surface area contributed by atoms with Gasteiger partial charge in [0.25, 0.3) is 0 Å². The molecule has 0 unspecified atom stereocenters. The summed E-state index contributed by atoms with van der Waals surface area (Å²) in [5.74, 6) is 2.32. The molecule has 0 N–H and O–H groups in total. The number of benzene rings is 5. The van der Waals surface area contributed by atoms with E-state index in [1.54, 1.807) is 14.2 Å². The van der Waals surface area contributed by atoms with Crippen molar-refractivity contribution >= 4 is 43.9 Å². The fourth-order valence-electron chi connectivity index (χ4n) is 6.33. The molecule has 0 bridgehead atoms. The van der Waals surface area contributed by atoms with Gasteiger partial charge in [-0.25, -0.2) is 0 Å². The van der Waals surface area contributed by atoms with E-state index >= 15 is 0 Å². The molecule has 4 heteroatoms. The van der Waals surface area contributed by atoms with Gasteiger partial charge in [0.15, 0.2) is 0 Å². The summed E-state index contributed by atoms with van der Waals surface area (Å²) in [7, 11) is 3.46. The zero-order chi connectivity index (χ0) is 28.2. The molecule has 1 aliphatic carbocycles. The first-order valence-corrected chi connectivity index (χ1v) is 14.7. The zero-order valence-electron chi connectivity index (χ0n) is 23.6. The minimum absolute atomic E-state index is 0.583. The molecule has 5 aromatic carbocycles. The van der Waals surface area contributed by atoms with Crippen molar-refractivity contribution in [3.63, 3.8) is 0 Å². The third-order valence-electron chi connectivity index (χ3n) is 8.31. The molecule has 6 aromatic rings. The van der Waals surface area contributed by atoms with Crippen LogP contribution in [0.3, 0.4) is 0 Å². The van der Waals surface area contributed by atoms with Crippen molar-refractivity contribution in [1.82, 2.24) is 4.98 Å². The number of hydrogen-bond donors (Lipinski definition) is 0. The van der Waals surface area contributed by atoms with E-state index in [0.29, 0.717) is 5.92 Å². The third-order valence-corrected chi connectivity index (χ3v) is 8.55. The van der Waals surface area contributed by atoms with E-state index in [1.807, 2.05) is 48.8 Å². The smallest absolute Gasteiger partial charge is 0.131 e. The Morgan fingerprint density at radius 2 is 1.61 bits per heavy atom. The molecule has 1 atom stereocenters. The Labute approximate surface area is 246 Å². The highest BCUT2D eigenvalue weighted by molar-refractivity contribution is 6.30. The predicted molar refractivity (Wildman–Crippen MR) is 172 cm³/mol. The number of methoxy groups -OCH3 is 2. The molecule has 206 valence electrons. The van der Waals surface area contributed by atoms with Gasteiger partial charge in [0, 0.05) is 17.4 Å². The lowest BCUT2D eigenvalue weighted by molar-refractivity contribution is 0.405.